The van der Waals surface area contributed by atoms with E-state index >= 15 is 0 Å². The largest absolute Gasteiger partial charge is 0.478 e. The van der Waals surface area contributed by atoms with Crippen LogP contribution >= 0.6 is 11.3 Å². The number of hydrogen-bond acceptors (Lipinski definition) is 2. The Kier molecular flexibility index (Phi) is 3.40. The highest BCUT2D eigenvalue weighted by Gasteiger charge is 2.08. The maximum absolute atomic E-state index is 10.9. The minimum absolute atomic E-state index is 0.760. The fourth-order valence-electron chi connectivity index (χ4n) is 1.66. The first-order valence-electron chi connectivity index (χ1n) is 5.22. The summed E-state index contributed by atoms with van der Waals surface area (Å²) in [5, 5.41) is 10.9. The predicted molar refractivity (Wildman–Crippen MR) is 70.2 cm³/mol. The highest BCUT2D eigenvalue weighted by Crippen LogP contribution is 2.27. The first kappa shape index (κ1) is 11.6. The highest BCUT2D eigenvalue weighted by atomic mass is 32.1. The lowest BCUT2D eigenvalue weighted by Crippen LogP contribution is -1.93. The molecule has 0 unspecified atom stereocenters. The van der Waals surface area contributed by atoms with Gasteiger partial charge in [0.1, 0.15) is 0 Å². The Morgan fingerprint density at radius 1 is 1.29 bits per heavy atom. The summed E-state index contributed by atoms with van der Waals surface area (Å²) in [6.07, 6.45) is 1.26. The van der Waals surface area contributed by atoms with E-state index in [0.29, 0.717) is 0 Å². The molecular weight excluding hydrogens is 232 g/mol. The summed E-state index contributed by atoms with van der Waals surface area (Å²) in [7, 11) is 0. The maximum atomic E-state index is 10.9. The van der Waals surface area contributed by atoms with Gasteiger partial charge >= 0.3 is 5.97 Å². The van der Waals surface area contributed by atoms with Crippen LogP contribution in [0.2, 0.25) is 0 Å². The Hall–Kier alpha value is -1.87. The first-order valence-corrected chi connectivity index (χ1v) is 6.10. The summed E-state index contributed by atoms with van der Waals surface area (Å²) in [5.74, 6) is -0.921. The first-order chi connectivity index (χ1) is 8.16. The smallest absolute Gasteiger partial charge is 0.328 e. The molecule has 0 fully saturated rings. The third kappa shape index (κ3) is 2.82. The van der Waals surface area contributed by atoms with E-state index in [1.807, 2.05) is 48.7 Å². The van der Waals surface area contributed by atoms with Gasteiger partial charge in [0, 0.05) is 16.5 Å². The van der Waals surface area contributed by atoms with Gasteiger partial charge in [-0.15, -0.1) is 11.3 Å². The van der Waals surface area contributed by atoms with Crippen molar-refractivity contribution in [3.63, 3.8) is 0 Å². The second-order valence-corrected chi connectivity index (χ2v) is 4.69. The van der Waals surface area contributed by atoms with Crippen LogP contribution in [0.15, 0.2) is 47.9 Å². The van der Waals surface area contributed by atoms with Crippen LogP contribution in [0.25, 0.3) is 5.57 Å². The molecule has 1 N–H and O–H groups in total. The molecule has 2 nitrogen and oxygen atoms in total. The number of carboxylic acids is 1. The van der Waals surface area contributed by atoms with E-state index in [9.17, 15) is 4.79 Å². The minimum atomic E-state index is -0.921. The van der Waals surface area contributed by atoms with Crippen molar-refractivity contribution in [3.8, 4) is 0 Å². The van der Waals surface area contributed by atoms with Crippen LogP contribution < -0.4 is 0 Å². The predicted octanol–water partition coefficient (Wildman–Crippen LogP) is 3.57. The monoisotopic (exact) mass is 244 g/mol. The second kappa shape index (κ2) is 4.97. The molecular formula is C14H12O2S. The van der Waals surface area contributed by atoms with Gasteiger partial charge in [0.2, 0.25) is 0 Å². The molecule has 0 saturated heterocycles. The van der Waals surface area contributed by atoms with Crippen molar-refractivity contribution in [1.82, 2.24) is 0 Å². The Morgan fingerprint density at radius 3 is 2.71 bits per heavy atom. The number of aliphatic carboxylic acids is 1. The zero-order valence-electron chi connectivity index (χ0n) is 9.38. The molecule has 2 aromatic rings. The number of thiophene rings is 1. The molecule has 3 heteroatoms. The maximum Gasteiger partial charge on any atom is 0.328 e. The van der Waals surface area contributed by atoms with E-state index in [1.165, 1.54) is 6.08 Å². The average Bonchev–Trinajstić information content (AvgIpc) is 2.79. The van der Waals surface area contributed by atoms with Gasteiger partial charge in [-0.2, -0.15) is 0 Å². The summed E-state index contributed by atoms with van der Waals surface area (Å²) in [5.41, 5.74) is 2.82. The Labute approximate surface area is 104 Å². The SMILES string of the molecule is Cc1cccc(/C(=C\C(=O)O)c2cccs2)c1. The topological polar surface area (TPSA) is 37.3 Å². The van der Waals surface area contributed by atoms with Crippen molar-refractivity contribution in [2.75, 3.05) is 0 Å². The van der Waals surface area contributed by atoms with E-state index in [1.54, 1.807) is 11.3 Å². The number of aryl methyl sites for hydroxylation is 1. The molecule has 0 amide bonds. The number of benzene rings is 1. The molecule has 0 aliphatic carbocycles. The summed E-state index contributed by atoms with van der Waals surface area (Å²) < 4.78 is 0. The van der Waals surface area contributed by atoms with Crippen molar-refractivity contribution in [2.24, 2.45) is 0 Å². The Balaban J connectivity index is 2.52. The summed E-state index contributed by atoms with van der Waals surface area (Å²) in [6.45, 7) is 2.00. The van der Waals surface area contributed by atoms with E-state index in [2.05, 4.69) is 0 Å². The van der Waals surface area contributed by atoms with Crippen LogP contribution in [0, 0.1) is 6.92 Å². The zero-order valence-corrected chi connectivity index (χ0v) is 10.2. The third-order valence-electron chi connectivity index (χ3n) is 2.38. The molecule has 0 atom stereocenters. The number of hydrogen-bond donors (Lipinski definition) is 1. The normalized spacial score (nSPS) is 11.5. The standard InChI is InChI=1S/C14H12O2S/c1-10-4-2-5-11(8-10)12(9-14(15)16)13-6-3-7-17-13/h2-9H,1H3,(H,15,16)/b12-9+. The van der Waals surface area contributed by atoms with Crippen LogP contribution in [-0.4, -0.2) is 11.1 Å². The summed E-state index contributed by atoms with van der Waals surface area (Å²) >= 11 is 1.54. The molecule has 17 heavy (non-hydrogen) atoms. The van der Waals surface area contributed by atoms with E-state index in [-0.39, 0.29) is 0 Å². The lowest BCUT2D eigenvalue weighted by Gasteiger charge is -2.05. The highest BCUT2D eigenvalue weighted by molar-refractivity contribution is 7.11. The molecule has 0 bridgehead atoms. The minimum Gasteiger partial charge on any atom is -0.478 e. The van der Waals surface area contributed by atoms with Crippen molar-refractivity contribution >= 4 is 22.9 Å². The summed E-state index contributed by atoms with van der Waals surface area (Å²) in [6, 6.07) is 11.7. The average molecular weight is 244 g/mol. The lowest BCUT2D eigenvalue weighted by molar-refractivity contribution is -0.131. The van der Waals surface area contributed by atoms with Crippen LogP contribution in [-0.2, 0) is 4.79 Å². The molecule has 2 rings (SSSR count). The molecule has 86 valence electrons. The molecule has 1 heterocycles. The number of carboxylic acid groups (broad SMARTS) is 1. The zero-order chi connectivity index (χ0) is 12.3. The van der Waals surface area contributed by atoms with E-state index < -0.39 is 5.97 Å². The third-order valence-corrected chi connectivity index (χ3v) is 3.29. The van der Waals surface area contributed by atoms with Gasteiger partial charge in [0.15, 0.2) is 0 Å². The van der Waals surface area contributed by atoms with Crippen LogP contribution in [0.3, 0.4) is 0 Å². The molecule has 1 aromatic heterocycles. The van der Waals surface area contributed by atoms with Crippen molar-refractivity contribution < 1.29 is 9.90 Å². The van der Waals surface area contributed by atoms with Crippen LogP contribution in [0.5, 0.6) is 0 Å². The van der Waals surface area contributed by atoms with Crippen molar-refractivity contribution in [3.05, 3.63) is 63.9 Å². The van der Waals surface area contributed by atoms with Crippen LogP contribution in [0.4, 0.5) is 0 Å². The number of carbonyl (C=O) groups is 1. The molecule has 0 saturated carbocycles. The quantitative estimate of drug-likeness (QED) is 0.838. The van der Waals surface area contributed by atoms with Gasteiger partial charge in [0.25, 0.3) is 0 Å². The van der Waals surface area contributed by atoms with Gasteiger partial charge in [-0.25, -0.2) is 4.79 Å². The Bertz CT molecular complexity index is 553. The molecule has 0 radical (unpaired) electrons. The van der Waals surface area contributed by atoms with Gasteiger partial charge in [-0.05, 0) is 23.9 Å². The van der Waals surface area contributed by atoms with E-state index in [0.717, 1.165) is 21.6 Å². The van der Waals surface area contributed by atoms with E-state index in [4.69, 9.17) is 5.11 Å². The Morgan fingerprint density at radius 2 is 2.12 bits per heavy atom. The number of rotatable bonds is 3. The lowest BCUT2D eigenvalue weighted by atomic mass is 10.0. The van der Waals surface area contributed by atoms with Gasteiger partial charge < -0.3 is 5.11 Å². The fraction of sp³-hybridized carbons (Fsp3) is 0.0714. The van der Waals surface area contributed by atoms with Gasteiger partial charge in [-0.1, -0.05) is 35.9 Å². The van der Waals surface area contributed by atoms with Crippen molar-refractivity contribution in [2.45, 2.75) is 6.92 Å². The second-order valence-electron chi connectivity index (χ2n) is 3.74. The molecule has 0 spiro atoms. The van der Waals surface area contributed by atoms with Gasteiger partial charge in [0.05, 0.1) is 0 Å². The molecule has 0 aliphatic rings. The molecule has 1 aromatic carbocycles. The summed E-state index contributed by atoms with van der Waals surface area (Å²) in [4.78, 5) is 11.9. The fourth-order valence-corrected chi connectivity index (χ4v) is 2.43. The van der Waals surface area contributed by atoms with Gasteiger partial charge in [-0.3, -0.25) is 0 Å². The van der Waals surface area contributed by atoms with Crippen LogP contribution in [0.1, 0.15) is 16.0 Å². The molecule has 0 aliphatic heterocycles. The van der Waals surface area contributed by atoms with Crippen molar-refractivity contribution in [1.29, 1.82) is 0 Å².